The third-order valence-electron chi connectivity index (χ3n) is 2.62. The fourth-order valence-corrected chi connectivity index (χ4v) is 1.67. The second kappa shape index (κ2) is 5.32. The Morgan fingerprint density at radius 1 is 1.11 bits per heavy atom. The first-order chi connectivity index (χ1) is 8.65. The molecule has 0 saturated carbocycles. The maximum Gasteiger partial charge on any atom is 0.185 e. The molecule has 2 rings (SSSR count). The van der Waals surface area contributed by atoms with Gasteiger partial charge < -0.3 is 5.11 Å². The quantitative estimate of drug-likeness (QED) is 0.655. The fraction of sp³-hybridized carbons (Fsp3) is 0.0625. The van der Waals surface area contributed by atoms with Crippen LogP contribution in [0.3, 0.4) is 0 Å². The summed E-state index contributed by atoms with van der Waals surface area (Å²) in [7, 11) is 0. The van der Waals surface area contributed by atoms with E-state index in [9.17, 15) is 4.79 Å². The topological polar surface area (TPSA) is 37.3 Å². The number of rotatable bonds is 3. The first-order valence-electron chi connectivity index (χ1n) is 5.73. The molecule has 2 aromatic rings. The standard InChI is InChI=1S/C16H14O2/c1-12-3-2-4-13(11-12)5-10-16(18)14-6-8-15(17)9-7-14/h2-11,17H,1H3/b10-5+. The smallest absolute Gasteiger partial charge is 0.185 e. The molecule has 2 heteroatoms. The minimum Gasteiger partial charge on any atom is -0.508 e. The number of hydrogen-bond donors (Lipinski definition) is 1. The highest BCUT2D eigenvalue weighted by molar-refractivity contribution is 6.06. The lowest BCUT2D eigenvalue weighted by atomic mass is 10.1. The predicted octanol–water partition coefficient (Wildman–Crippen LogP) is 3.60. The van der Waals surface area contributed by atoms with Crippen molar-refractivity contribution in [1.82, 2.24) is 0 Å². The van der Waals surface area contributed by atoms with Gasteiger partial charge in [-0.05, 0) is 42.8 Å². The number of hydrogen-bond acceptors (Lipinski definition) is 2. The average Bonchev–Trinajstić information content (AvgIpc) is 2.37. The lowest BCUT2D eigenvalue weighted by molar-refractivity contribution is 0.104. The predicted molar refractivity (Wildman–Crippen MR) is 72.7 cm³/mol. The summed E-state index contributed by atoms with van der Waals surface area (Å²) in [4.78, 5) is 11.8. The van der Waals surface area contributed by atoms with Gasteiger partial charge in [-0.15, -0.1) is 0 Å². The number of aryl methyl sites for hydroxylation is 1. The third kappa shape index (κ3) is 3.08. The average molecular weight is 238 g/mol. The maximum absolute atomic E-state index is 11.8. The van der Waals surface area contributed by atoms with Crippen molar-refractivity contribution in [3.63, 3.8) is 0 Å². The summed E-state index contributed by atoms with van der Waals surface area (Å²) in [6, 6.07) is 14.2. The van der Waals surface area contributed by atoms with Crippen LogP contribution in [0.25, 0.3) is 6.08 Å². The molecule has 0 bridgehead atoms. The summed E-state index contributed by atoms with van der Waals surface area (Å²) in [5.74, 6) is 0.0886. The van der Waals surface area contributed by atoms with E-state index in [2.05, 4.69) is 0 Å². The molecule has 0 amide bonds. The molecule has 0 aliphatic rings. The molecule has 0 atom stereocenters. The van der Waals surface area contributed by atoms with Crippen molar-refractivity contribution < 1.29 is 9.90 Å². The lowest BCUT2D eigenvalue weighted by Gasteiger charge is -1.97. The summed E-state index contributed by atoms with van der Waals surface area (Å²) in [6.07, 6.45) is 3.34. The minimum absolute atomic E-state index is 0.0727. The van der Waals surface area contributed by atoms with Crippen molar-refractivity contribution in [3.05, 3.63) is 71.3 Å². The first kappa shape index (κ1) is 12.1. The van der Waals surface area contributed by atoms with Gasteiger partial charge in [-0.3, -0.25) is 4.79 Å². The summed E-state index contributed by atoms with van der Waals surface area (Å²) < 4.78 is 0. The van der Waals surface area contributed by atoms with Gasteiger partial charge in [-0.1, -0.05) is 35.9 Å². The Morgan fingerprint density at radius 3 is 2.50 bits per heavy atom. The van der Waals surface area contributed by atoms with E-state index in [-0.39, 0.29) is 11.5 Å². The molecule has 0 fully saturated rings. The molecule has 18 heavy (non-hydrogen) atoms. The molecule has 0 aromatic heterocycles. The molecule has 90 valence electrons. The van der Waals surface area contributed by atoms with Gasteiger partial charge >= 0.3 is 0 Å². The SMILES string of the molecule is Cc1cccc(/C=C/C(=O)c2ccc(O)cc2)c1. The normalized spacial score (nSPS) is 10.7. The third-order valence-corrected chi connectivity index (χ3v) is 2.62. The van der Waals surface area contributed by atoms with Gasteiger partial charge in [-0.25, -0.2) is 0 Å². The summed E-state index contributed by atoms with van der Waals surface area (Å²) >= 11 is 0. The molecule has 0 aliphatic heterocycles. The van der Waals surface area contributed by atoms with Crippen LogP contribution >= 0.6 is 0 Å². The van der Waals surface area contributed by atoms with Crippen molar-refractivity contribution in [1.29, 1.82) is 0 Å². The van der Waals surface area contributed by atoms with E-state index < -0.39 is 0 Å². The number of benzene rings is 2. The van der Waals surface area contributed by atoms with Gasteiger partial charge in [0.25, 0.3) is 0 Å². The van der Waals surface area contributed by atoms with Crippen LogP contribution in [0.1, 0.15) is 21.5 Å². The van der Waals surface area contributed by atoms with E-state index in [1.165, 1.54) is 12.1 Å². The van der Waals surface area contributed by atoms with Crippen LogP contribution in [-0.2, 0) is 0 Å². The highest BCUT2D eigenvalue weighted by Crippen LogP contribution is 2.12. The van der Waals surface area contributed by atoms with Gasteiger partial charge in [-0.2, -0.15) is 0 Å². The van der Waals surface area contributed by atoms with E-state index >= 15 is 0 Å². The Labute approximate surface area is 106 Å². The van der Waals surface area contributed by atoms with Gasteiger partial charge in [0.2, 0.25) is 0 Å². The number of allylic oxidation sites excluding steroid dienone is 1. The zero-order chi connectivity index (χ0) is 13.0. The van der Waals surface area contributed by atoms with Crippen LogP contribution < -0.4 is 0 Å². The number of ketones is 1. The van der Waals surface area contributed by atoms with Crippen molar-refractivity contribution in [2.45, 2.75) is 6.92 Å². The zero-order valence-corrected chi connectivity index (χ0v) is 10.1. The van der Waals surface area contributed by atoms with Crippen LogP contribution in [0.15, 0.2) is 54.6 Å². The Bertz CT molecular complexity index is 580. The Morgan fingerprint density at radius 2 is 1.83 bits per heavy atom. The van der Waals surface area contributed by atoms with Gasteiger partial charge in [0.15, 0.2) is 5.78 Å². The molecule has 0 heterocycles. The molecular weight excluding hydrogens is 224 g/mol. The molecule has 0 aliphatic carbocycles. The highest BCUT2D eigenvalue weighted by atomic mass is 16.3. The molecule has 0 saturated heterocycles. The molecule has 2 nitrogen and oxygen atoms in total. The van der Waals surface area contributed by atoms with E-state index in [0.717, 1.165) is 11.1 Å². The minimum atomic E-state index is -0.0727. The van der Waals surface area contributed by atoms with E-state index in [4.69, 9.17) is 5.11 Å². The van der Waals surface area contributed by atoms with Crippen LogP contribution in [0, 0.1) is 6.92 Å². The van der Waals surface area contributed by atoms with Crippen molar-refractivity contribution in [3.8, 4) is 5.75 Å². The highest BCUT2D eigenvalue weighted by Gasteiger charge is 2.00. The second-order valence-electron chi connectivity index (χ2n) is 4.16. The lowest BCUT2D eigenvalue weighted by Crippen LogP contribution is -1.92. The van der Waals surface area contributed by atoms with E-state index in [1.807, 2.05) is 31.2 Å². The first-order valence-corrected chi connectivity index (χ1v) is 5.73. The van der Waals surface area contributed by atoms with Crippen molar-refractivity contribution in [2.75, 3.05) is 0 Å². The number of carbonyl (C=O) groups is 1. The van der Waals surface area contributed by atoms with Gasteiger partial charge in [0.1, 0.15) is 5.75 Å². The van der Waals surface area contributed by atoms with E-state index in [1.54, 1.807) is 24.3 Å². The van der Waals surface area contributed by atoms with Crippen molar-refractivity contribution >= 4 is 11.9 Å². The Kier molecular flexibility index (Phi) is 3.58. The van der Waals surface area contributed by atoms with E-state index in [0.29, 0.717) is 5.56 Å². The largest absolute Gasteiger partial charge is 0.508 e. The summed E-state index contributed by atoms with van der Waals surface area (Å²) in [5.41, 5.74) is 2.73. The zero-order valence-electron chi connectivity index (χ0n) is 10.1. The van der Waals surface area contributed by atoms with Gasteiger partial charge in [0.05, 0.1) is 0 Å². The molecule has 0 radical (unpaired) electrons. The molecule has 0 unspecified atom stereocenters. The summed E-state index contributed by atoms with van der Waals surface area (Å²) in [5, 5.41) is 9.15. The van der Waals surface area contributed by atoms with Gasteiger partial charge in [0, 0.05) is 5.56 Å². The monoisotopic (exact) mass is 238 g/mol. The fourth-order valence-electron chi connectivity index (χ4n) is 1.67. The number of phenols is 1. The molecular formula is C16H14O2. The van der Waals surface area contributed by atoms with Crippen LogP contribution in [-0.4, -0.2) is 10.9 Å². The van der Waals surface area contributed by atoms with Crippen molar-refractivity contribution in [2.24, 2.45) is 0 Å². The number of aromatic hydroxyl groups is 1. The Balaban J connectivity index is 2.14. The Hall–Kier alpha value is -2.35. The number of phenolic OH excluding ortho intramolecular Hbond substituents is 1. The molecule has 2 aromatic carbocycles. The number of carbonyl (C=O) groups excluding carboxylic acids is 1. The second-order valence-corrected chi connectivity index (χ2v) is 4.16. The maximum atomic E-state index is 11.8. The van der Waals surface area contributed by atoms with Crippen LogP contribution in [0.5, 0.6) is 5.75 Å². The molecule has 1 N–H and O–H groups in total. The summed E-state index contributed by atoms with van der Waals surface area (Å²) in [6.45, 7) is 2.01. The molecule has 0 spiro atoms. The van der Waals surface area contributed by atoms with Crippen LogP contribution in [0.2, 0.25) is 0 Å². The van der Waals surface area contributed by atoms with Crippen LogP contribution in [0.4, 0.5) is 0 Å².